The van der Waals surface area contributed by atoms with Crippen molar-refractivity contribution in [3.05, 3.63) is 71.2 Å². The summed E-state index contributed by atoms with van der Waals surface area (Å²) in [6.07, 6.45) is -0.267. The van der Waals surface area contributed by atoms with Crippen LogP contribution in [-0.2, 0) is 21.4 Å². The molecule has 0 aliphatic rings. The van der Waals surface area contributed by atoms with Gasteiger partial charge < -0.3 is 10.7 Å². The normalized spacial score (nSPS) is 11.5. The SMILES string of the molecule is O=C(CCN(Cc1ccccc1)S(=O)(=O)c1ccc(F)cc1)N[O-]. The van der Waals surface area contributed by atoms with Gasteiger partial charge in [0.25, 0.3) is 0 Å². The van der Waals surface area contributed by atoms with Gasteiger partial charge in [-0.15, -0.1) is 0 Å². The molecule has 0 bridgehead atoms. The summed E-state index contributed by atoms with van der Waals surface area (Å²) in [7, 11) is -3.94. The first-order valence-corrected chi connectivity index (χ1v) is 8.58. The third-order valence-corrected chi connectivity index (χ3v) is 5.21. The second-order valence-corrected chi connectivity index (χ2v) is 6.99. The molecule has 8 heteroatoms. The number of nitrogens with zero attached hydrogens (tertiary/aromatic N) is 1. The van der Waals surface area contributed by atoms with Gasteiger partial charge in [-0.3, -0.25) is 4.79 Å². The van der Waals surface area contributed by atoms with E-state index >= 15 is 0 Å². The largest absolute Gasteiger partial charge is 0.759 e. The number of hydrogen-bond acceptors (Lipinski definition) is 4. The highest BCUT2D eigenvalue weighted by Gasteiger charge is 2.25. The van der Waals surface area contributed by atoms with Crippen LogP contribution in [0.2, 0.25) is 0 Å². The minimum atomic E-state index is -3.94. The first-order chi connectivity index (χ1) is 11.4. The predicted octanol–water partition coefficient (Wildman–Crippen LogP) is 2.02. The summed E-state index contributed by atoms with van der Waals surface area (Å²) in [4.78, 5) is 11.1. The standard InChI is InChI=1S/C16H16FN2O4S/c17-14-6-8-15(9-7-14)24(22,23)19(11-10-16(20)18-21)12-13-4-2-1-3-5-13/h1-9H,10-12H2,(H-,18,20,21)/q-1. The number of carbonyl (C=O) groups excluding carboxylic acids is 1. The molecule has 0 saturated heterocycles. The average Bonchev–Trinajstić information content (AvgIpc) is 2.59. The van der Waals surface area contributed by atoms with Crippen molar-refractivity contribution in [3.63, 3.8) is 0 Å². The van der Waals surface area contributed by atoms with Crippen LogP contribution in [0.4, 0.5) is 4.39 Å². The molecule has 0 aromatic heterocycles. The number of rotatable bonds is 7. The molecule has 6 nitrogen and oxygen atoms in total. The zero-order chi connectivity index (χ0) is 17.6. The molecule has 24 heavy (non-hydrogen) atoms. The highest BCUT2D eigenvalue weighted by Crippen LogP contribution is 2.19. The minimum Gasteiger partial charge on any atom is -0.759 e. The Balaban J connectivity index is 2.29. The van der Waals surface area contributed by atoms with E-state index in [0.717, 1.165) is 34.1 Å². The number of sulfonamides is 1. The maximum atomic E-state index is 13.0. The van der Waals surface area contributed by atoms with E-state index in [1.807, 2.05) is 0 Å². The van der Waals surface area contributed by atoms with Gasteiger partial charge in [-0.1, -0.05) is 30.3 Å². The Morgan fingerprint density at radius 2 is 1.71 bits per heavy atom. The smallest absolute Gasteiger partial charge is 0.243 e. The zero-order valence-electron chi connectivity index (χ0n) is 12.7. The van der Waals surface area contributed by atoms with E-state index in [-0.39, 0.29) is 24.4 Å². The lowest BCUT2D eigenvalue weighted by atomic mass is 10.2. The maximum absolute atomic E-state index is 13.0. The summed E-state index contributed by atoms with van der Waals surface area (Å²) in [6, 6.07) is 13.3. The maximum Gasteiger partial charge on any atom is 0.243 e. The second-order valence-electron chi connectivity index (χ2n) is 5.05. The Kier molecular flexibility index (Phi) is 6.02. The second kappa shape index (κ2) is 8.00. The molecule has 0 unspecified atom stereocenters. The van der Waals surface area contributed by atoms with E-state index in [9.17, 15) is 22.8 Å². The van der Waals surface area contributed by atoms with Gasteiger partial charge in [0.1, 0.15) is 5.82 Å². The molecule has 0 radical (unpaired) electrons. The molecule has 0 heterocycles. The minimum absolute atomic E-state index is 0.0344. The summed E-state index contributed by atoms with van der Waals surface area (Å²) < 4.78 is 39.6. The van der Waals surface area contributed by atoms with E-state index in [4.69, 9.17) is 0 Å². The van der Waals surface area contributed by atoms with Gasteiger partial charge in [-0.05, 0) is 29.8 Å². The number of carbonyl (C=O) groups is 1. The van der Waals surface area contributed by atoms with Gasteiger partial charge in [0.2, 0.25) is 15.9 Å². The van der Waals surface area contributed by atoms with Crippen LogP contribution in [0, 0.1) is 11.0 Å². The summed E-state index contributed by atoms with van der Waals surface area (Å²) in [5, 5.41) is 10.3. The summed E-state index contributed by atoms with van der Waals surface area (Å²) >= 11 is 0. The van der Waals surface area contributed by atoms with E-state index in [1.54, 1.807) is 30.3 Å². The van der Waals surface area contributed by atoms with Gasteiger partial charge in [-0.25, -0.2) is 12.8 Å². The van der Waals surface area contributed by atoms with Gasteiger partial charge in [0, 0.05) is 19.5 Å². The summed E-state index contributed by atoms with van der Waals surface area (Å²) in [6.45, 7) is -0.130. The Bertz CT molecular complexity index is 779. The van der Waals surface area contributed by atoms with Crippen molar-refractivity contribution < 1.29 is 17.6 Å². The van der Waals surface area contributed by atoms with E-state index in [1.165, 1.54) is 5.48 Å². The van der Waals surface area contributed by atoms with Crippen molar-refractivity contribution in [2.75, 3.05) is 6.54 Å². The summed E-state index contributed by atoms with van der Waals surface area (Å²) in [5.74, 6) is -1.35. The number of amides is 1. The molecule has 2 rings (SSSR count). The number of nitrogens with one attached hydrogen (secondary N) is 1. The van der Waals surface area contributed by atoms with Crippen molar-refractivity contribution in [3.8, 4) is 0 Å². The topological polar surface area (TPSA) is 89.5 Å². The highest BCUT2D eigenvalue weighted by molar-refractivity contribution is 7.89. The van der Waals surface area contributed by atoms with Crippen LogP contribution < -0.4 is 5.48 Å². The molecular formula is C16H16FN2O4S-. The summed E-state index contributed by atoms with van der Waals surface area (Å²) in [5.41, 5.74) is 1.95. The van der Waals surface area contributed by atoms with E-state index < -0.39 is 21.7 Å². The number of hydroxylamine groups is 1. The van der Waals surface area contributed by atoms with Crippen molar-refractivity contribution in [1.29, 1.82) is 0 Å². The molecule has 2 aromatic rings. The highest BCUT2D eigenvalue weighted by atomic mass is 32.2. The monoisotopic (exact) mass is 351 g/mol. The number of hydrogen-bond donors (Lipinski definition) is 1. The fourth-order valence-electron chi connectivity index (χ4n) is 2.10. The molecular weight excluding hydrogens is 335 g/mol. The van der Waals surface area contributed by atoms with Crippen molar-refractivity contribution >= 4 is 15.9 Å². The fourth-order valence-corrected chi connectivity index (χ4v) is 3.53. The lowest BCUT2D eigenvalue weighted by Crippen LogP contribution is -2.34. The lowest BCUT2D eigenvalue weighted by Gasteiger charge is -2.22. The molecule has 0 atom stereocenters. The van der Waals surface area contributed by atoms with E-state index in [2.05, 4.69) is 0 Å². The molecule has 1 amide bonds. The lowest BCUT2D eigenvalue weighted by molar-refractivity contribution is -0.120. The van der Waals surface area contributed by atoms with Crippen LogP contribution in [0.5, 0.6) is 0 Å². The Hall–Kier alpha value is -2.29. The Labute approximate surface area is 139 Å². The number of halogens is 1. The van der Waals surface area contributed by atoms with Crippen LogP contribution in [-0.4, -0.2) is 25.2 Å². The first-order valence-electron chi connectivity index (χ1n) is 7.14. The first kappa shape index (κ1) is 18.1. The third-order valence-electron chi connectivity index (χ3n) is 3.36. The molecule has 128 valence electrons. The Morgan fingerprint density at radius 1 is 1.08 bits per heavy atom. The van der Waals surface area contributed by atoms with Gasteiger partial charge in [-0.2, -0.15) is 4.31 Å². The van der Waals surface area contributed by atoms with Crippen LogP contribution in [0.1, 0.15) is 12.0 Å². The molecule has 0 aliphatic heterocycles. The van der Waals surface area contributed by atoms with Crippen molar-refractivity contribution in [1.82, 2.24) is 9.79 Å². The van der Waals surface area contributed by atoms with Gasteiger partial charge in [0.05, 0.1) is 4.90 Å². The molecule has 0 fully saturated rings. The molecule has 1 N–H and O–H groups in total. The van der Waals surface area contributed by atoms with Crippen LogP contribution in [0.3, 0.4) is 0 Å². The molecule has 0 saturated carbocycles. The van der Waals surface area contributed by atoms with Gasteiger partial charge >= 0.3 is 0 Å². The van der Waals surface area contributed by atoms with Crippen LogP contribution >= 0.6 is 0 Å². The number of benzene rings is 2. The Morgan fingerprint density at radius 3 is 2.29 bits per heavy atom. The predicted molar refractivity (Wildman–Crippen MR) is 86.6 cm³/mol. The van der Waals surface area contributed by atoms with Crippen molar-refractivity contribution in [2.45, 2.75) is 17.9 Å². The molecule has 0 spiro atoms. The quantitative estimate of drug-likeness (QED) is 0.773. The zero-order valence-corrected chi connectivity index (χ0v) is 13.5. The van der Waals surface area contributed by atoms with E-state index in [0.29, 0.717) is 0 Å². The van der Waals surface area contributed by atoms with Crippen LogP contribution in [0.25, 0.3) is 0 Å². The van der Waals surface area contributed by atoms with Gasteiger partial charge in [0.15, 0.2) is 0 Å². The average molecular weight is 351 g/mol. The fraction of sp³-hybridized carbons (Fsp3) is 0.188. The molecule has 2 aromatic carbocycles. The molecule has 0 aliphatic carbocycles. The van der Waals surface area contributed by atoms with Crippen molar-refractivity contribution in [2.24, 2.45) is 0 Å². The van der Waals surface area contributed by atoms with Crippen LogP contribution in [0.15, 0.2) is 59.5 Å². The third kappa shape index (κ3) is 4.60.